The van der Waals surface area contributed by atoms with Crippen molar-refractivity contribution in [2.75, 3.05) is 19.5 Å². The molecule has 0 bridgehead atoms. The Labute approximate surface area is 108 Å². The molecule has 0 heterocycles. The monoisotopic (exact) mass is 245 g/mol. The summed E-state index contributed by atoms with van der Waals surface area (Å²) in [6.07, 6.45) is 7.17. The first-order valence-corrected chi connectivity index (χ1v) is 6.46. The maximum Gasteiger partial charge on any atom is 0.124 e. The standard InChI is InChI=1S/C15H19NO2/c1-17-12-7-11(8-13(9-12)18-2)16-15-6-10-4-3-5-14(10)15/h3,5,7-10,14-16H,4,6H2,1-2H3. The highest BCUT2D eigenvalue weighted by Crippen LogP contribution is 2.44. The summed E-state index contributed by atoms with van der Waals surface area (Å²) in [6.45, 7) is 0. The van der Waals surface area contributed by atoms with Crippen LogP contribution >= 0.6 is 0 Å². The Hall–Kier alpha value is -1.64. The lowest BCUT2D eigenvalue weighted by Crippen LogP contribution is -2.43. The van der Waals surface area contributed by atoms with Crippen molar-refractivity contribution in [3.8, 4) is 11.5 Å². The van der Waals surface area contributed by atoms with E-state index in [9.17, 15) is 0 Å². The van der Waals surface area contributed by atoms with Crippen LogP contribution in [0.25, 0.3) is 0 Å². The average Bonchev–Trinajstić information content (AvgIpc) is 2.77. The van der Waals surface area contributed by atoms with Gasteiger partial charge in [0.05, 0.1) is 14.2 Å². The van der Waals surface area contributed by atoms with Gasteiger partial charge in [0.25, 0.3) is 0 Å². The van der Waals surface area contributed by atoms with Gasteiger partial charge in [-0.3, -0.25) is 0 Å². The van der Waals surface area contributed by atoms with E-state index in [2.05, 4.69) is 17.5 Å². The minimum atomic E-state index is 0.561. The molecule has 0 spiro atoms. The Morgan fingerprint density at radius 2 is 1.83 bits per heavy atom. The molecule has 1 N–H and O–H groups in total. The number of methoxy groups -OCH3 is 2. The minimum absolute atomic E-state index is 0.561. The third kappa shape index (κ3) is 1.94. The van der Waals surface area contributed by atoms with E-state index in [0.29, 0.717) is 12.0 Å². The normalized spacial score (nSPS) is 28.4. The highest BCUT2D eigenvalue weighted by molar-refractivity contribution is 5.55. The second-order valence-corrected chi connectivity index (χ2v) is 5.09. The van der Waals surface area contributed by atoms with Gasteiger partial charge >= 0.3 is 0 Å². The van der Waals surface area contributed by atoms with Crippen LogP contribution in [0.15, 0.2) is 30.4 Å². The van der Waals surface area contributed by atoms with Gasteiger partial charge in [-0.2, -0.15) is 0 Å². The number of hydrogen-bond donors (Lipinski definition) is 1. The Bertz CT molecular complexity index is 447. The van der Waals surface area contributed by atoms with Crippen molar-refractivity contribution in [2.24, 2.45) is 11.8 Å². The number of nitrogens with one attached hydrogen (secondary N) is 1. The number of anilines is 1. The highest BCUT2D eigenvalue weighted by Gasteiger charge is 2.40. The Balaban J connectivity index is 1.74. The first-order valence-electron chi connectivity index (χ1n) is 6.46. The Kier molecular flexibility index (Phi) is 2.90. The largest absolute Gasteiger partial charge is 0.497 e. The van der Waals surface area contributed by atoms with E-state index in [4.69, 9.17) is 9.47 Å². The second kappa shape index (κ2) is 4.56. The van der Waals surface area contributed by atoms with E-state index in [-0.39, 0.29) is 0 Å². The van der Waals surface area contributed by atoms with E-state index in [1.54, 1.807) is 14.2 Å². The molecule has 1 saturated carbocycles. The highest BCUT2D eigenvalue weighted by atomic mass is 16.5. The summed E-state index contributed by atoms with van der Waals surface area (Å²) in [4.78, 5) is 0. The van der Waals surface area contributed by atoms with Gasteiger partial charge < -0.3 is 14.8 Å². The fourth-order valence-corrected chi connectivity index (χ4v) is 2.99. The van der Waals surface area contributed by atoms with Gasteiger partial charge in [0.1, 0.15) is 11.5 Å². The SMILES string of the molecule is COc1cc(NC2CC3CC=CC32)cc(OC)c1. The third-order valence-electron chi connectivity index (χ3n) is 4.07. The summed E-state index contributed by atoms with van der Waals surface area (Å²) in [7, 11) is 3.36. The molecule has 3 atom stereocenters. The van der Waals surface area contributed by atoms with Gasteiger partial charge in [-0.15, -0.1) is 0 Å². The van der Waals surface area contributed by atoms with Gasteiger partial charge in [-0.1, -0.05) is 12.2 Å². The van der Waals surface area contributed by atoms with Crippen LogP contribution in [0, 0.1) is 11.8 Å². The topological polar surface area (TPSA) is 30.5 Å². The molecule has 3 rings (SSSR count). The van der Waals surface area contributed by atoms with Gasteiger partial charge in [-0.25, -0.2) is 0 Å². The van der Waals surface area contributed by atoms with E-state index < -0.39 is 0 Å². The molecule has 0 aromatic heterocycles. The van der Waals surface area contributed by atoms with Gasteiger partial charge in [0.2, 0.25) is 0 Å². The quantitative estimate of drug-likeness (QED) is 0.827. The minimum Gasteiger partial charge on any atom is -0.497 e. The number of benzene rings is 1. The Morgan fingerprint density at radius 1 is 1.11 bits per heavy atom. The molecule has 2 aliphatic carbocycles. The maximum absolute atomic E-state index is 5.28. The van der Waals surface area contributed by atoms with Gasteiger partial charge in [0.15, 0.2) is 0 Å². The van der Waals surface area contributed by atoms with Gasteiger partial charge in [-0.05, 0) is 18.8 Å². The van der Waals surface area contributed by atoms with Crippen LogP contribution in [0.2, 0.25) is 0 Å². The first-order chi connectivity index (χ1) is 8.80. The molecular weight excluding hydrogens is 226 g/mol. The van der Waals surface area contributed by atoms with Crippen molar-refractivity contribution in [2.45, 2.75) is 18.9 Å². The van der Waals surface area contributed by atoms with E-state index in [0.717, 1.165) is 23.1 Å². The Morgan fingerprint density at radius 3 is 2.44 bits per heavy atom. The van der Waals surface area contributed by atoms with Crippen LogP contribution in [-0.2, 0) is 0 Å². The van der Waals surface area contributed by atoms with Crippen molar-refractivity contribution in [3.63, 3.8) is 0 Å². The molecule has 0 aliphatic heterocycles. The molecule has 96 valence electrons. The number of fused-ring (bicyclic) bond motifs is 1. The molecule has 0 amide bonds. The molecular formula is C15H19NO2. The number of hydrogen-bond acceptors (Lipinski definition) is 3. The summed E-state index contributed by atoms with van der Waals surface area (Å²) < 4.78 is 10.6. The summed E-state index contributed by atoms with van der Waals surface area (Å²) in [5.74, 6) is 3.24. The zero-order chi connectivity index (χ0) is 12.5. The number of allylic oxidation sites excluding steroid dienone is 1. The van der Waals surface area contributed by atoms with Crippen LogP contribution in [0.3, 0.4) is 0 Å². The van der Waals surface area contributed by atoms with Crippen LogP contribution in [0.4, 0.5) is 5.69 Å². The molecule has 0 saturated heterocycles. The molecule has 1 aromatic rings. The van der Waals surface area contributed by atoms with E-state index in [1.165, 1.54) is 12.8 Å². The predicted molar refractivity (Wildman–Crippen MR) is 72.3 cm³/mol. The molecule has 3 unspecified atom stereocenters. The molecule has 3 heteroatoms. The summed E-state index contributed by atoms with van der Waals surface area (Å²) in [5.41, 5.74) is 1.08. The predicted octanol–water partition coefficient (Wildman–Crippen LogP) is 3.08. The molecule has 1 fully saturated rings. The van der Waals surface area contributed by atoms with Crippen molar-refractivity contribution in [1.82, 2.24) is 0 Å². The van der Waals surface area contributed by atoms with E-state index in [1.807, 2.05) is 18.2 Å². The zero-order valence-corrected chi connectivity index (χ0v) is 10.8. The van der Waals surface area contributed by atoms with Crippen LogP contribution in [-0.4, -0.2) is 20.3 Å². The number of rotatable bonds is 4. The average molecular weight is 245 g/mol. The summed E-state index contributed by atoms with van der Waals surface area (Å²) in [6, 6.07) is 6.50. The van der Waals surface area contributed by atoms with Crippen LogP contribution < -0.4 is 14.8 Å². The molecule has 1 aromatic carbocycles. The van der Waals surface area contributed by atoms with E-state index >= 15 is 0 Å². The van der Waals surface area contributed by atoms with Gasteiger partial charge in [0, 0.05) is 35.8 Å². The van der Waals surface area contributed by atoms with Crippen molar-refractivity contribution in [3.05, 3.63) is 30.4 Å². The van der Waals surface area contributed by atoms with Crippen molar-refractivity contribution >= 4 is 5.69 Å². The zero-order valence-electron chi connectivity index (χ0n) is 10.8. The maximum atomic E-state index is 5.28. The fourth-order valence-electron chi connectivity index (χ4n) is 2.99. The molecule has 18 heavy (non-hydrogen) atoms. The lowest BCUT2D eigenvalue weighted by molar-refractivity contribution is 0.218. The summed E-state index contributed by atoms with van der Waals surface area (Å²) in [5, 5.41) is 3.59. The lowest BCUT2D eigenvalue weighted by Gasteiger charge is -2.41. The van der Waals surface area contributed by atoms with Crippen LogP contribution in [0.1, 0.15) is 12.8 Å². The summed E-state index contributed by atoms with van der Waals surface area (Å²) >= 11 is 0. The second-order valence-electron chi connectivity index (χ2n) is 5.09. The van der Waals surface area contributed by atoms with Crippen molar-refractivity contribution < 1.29 is 9.47 Å². The lowest BCUT2D eigenvalue weighted by atomic mass is 9.71. The van der Waals surface area contributed by atoms with Crippen molar-refractivity contribution in [1.29, 1.82) is 0 Å². The molecule has 3 nitrogen and oxygen atoms in total. The molecule has 0 radical (unpaired) electrons. The fraction of sp³-hybridized carbons (Fsp3) is 0.467. The number of ether oxygens (including phenoxy) is 2. The van der Waals surface area contributed by atoms with Crippen LogP contribution in [0.5, 0.6) is 11.5 Å². The first kappa shape index (κ1) is 11.5. The smallest absolute Gasteiger partial charge is 0.124 e. The third-order valence-corrected chi connectivity index (χ3v) is 4.07. The molecule has 2 aliphatic rings.